The number of carbonyl (C=O) groups is 2. The number of rotatable bonds is 7. The van der Waals surface area contributed by atoms with Gasteiger partial charge in [0.15, 0.2) is 12.4 Å². The molecule has 7 nitrogen and oxygen atoms in total. The summed E-state index contributed by atoms with van der Waals surface area (Å²) in [5.74, 6) is -0.539. The zero-order chi connectivity index (χ0) is 24.8. The molecular weight excluding hydrogens is 569 g/mol. The zero-order valence-electron chi connectivity index (χ0n) is 20.9. The highest BCUT2D eigenvalue weighted by Gasteiger charge is 2.22. The van der Waals surface area contributed by atoms with Crippen molar-refractivity contribution >= 4 is 23.4 Å². The van der Waals surface area contributed by atoms with Gasteiger partial charge in [0, 0.05) is 44.5 Å². The van der Waals surface area contributed by atoms with E-state index in [0.717, 1.165) is 25.8 Å². The van der Waals surface area contributed by atoms with Crippen LogP contribution in [-0.2, 0) is 29.4 Å². The van der Waals surface area contributed by atoms with Gasteiger partial charge in [0.25, 0.3) is 0 Å². The molecule has 2 aromatic carbocycles. The molecule has 0 spiro atoms. The minimum atomic E-state index is -0.993. The average molecular weight is 601 g/mol. The Labute approximate surface area is 229 Å². The van der Waals surface area contributed by atoms with Gasteiger partial charge in [0.2, 0.25) is 6.29 Å². The third kappa shape index (κ3) is 6.75. The number of nitrogens with zero attached hydrogens (tertiary/aromatic N) is 3. The first-order chi connectivity index (χ1) is 16.9. The highest BCUT2D eigenvalue weighted by molar-refractivity contribution is 5.88. The summed E-state index contributed by atoms with van der Waals surface area (Å²) in [5.41, 5.74) is 5.50. The first-order valence-electron chi connectivity index (χ1n) is 11.9. The summed E-state index contributed by atoms with van der Waals surface area (Å²) in [5, 5.41) is 0. The number of amides is 1. The molecule has 0 fully saturated rings. The summed E-state index contributed by atoms with van der Waals surface area (Å²) < 4.78 is 12.4. The van der Waals surface area contributed by atoms with Crippen LogP contribution >= 0.6 is 0 Å². The lowest BCUT2D eigenvalue weighted by atomic mass is 10.0. The molecule has 8 heteroatoms. The van der Waals surface area contributed by atoms with Crippen molar-refractivity contribution in [2.24, 2.45) is 7.05 Å². The van der Waals surface area contributed by atoms with Crippen LogP contribution in [0.1, 0.15) is 34.8 Å². The number of para-hydroxylation sites is 2. The minimum Gasteiger partial charge on any atom is -1.00 e. The standard InChI is InChI=1S/C28H32N3O4.HI/c1-21(34-27(32)24-12-8-17-29(2)20-24)35-28(33)30(3)18-9-19-31-25-13-6-4-10-22(25)15-16-23-11-5-7-14-26(23)31;/h4-8,10-14,17,20-21H,9,15-16,18-19H2,1-3H3;1H/q+1;/p-1. The number of benzene rings is 2. The van der Waals surface area contributed by atoms with Crippen LogP contribution in [0.4, 0.5) is 16.2 Å². The van der Waals surface area contributed by atoms with Crippen LogP contribution in [0.15, 0.2) is 73.1 Å². The summed E-state index contributed by atoms with van der Waals surface area (Å²) >= 11 is 0. The van der Waals surface area contributed by atoms with Gasteiger partial charge in [-0.3, -0.25) is 0 Å². The minimum absolute atomic E-state index is 0. The summed E-state index contributed by atoms with van der Waals surface area (Å²) in [6.07, 6.45) is 4.72. The lowest BCUT2D eigenvalue weighted by Crippen LogP contribution is -3.00. The van der Waals surface area contributed by atoms with Gasteiger partial charge in [-0.1, -0.05) is 36.4 Å². The number of ether oxygens (including phenoxy) is 2. The molecule has 0 bridgehead atoms. The molecule has 1 aliphatic heterocycles. The van der Waals surface area contributed by atoms with Crippen LogP contribution < -0.4 is 33.4 Å². The molecular formula is C28H32IN3O4. The number of fused-ring (bicyclic) bond motifs is 2. The van der Waals surface area contributed by atoms with Gasteiger partial charge in [-0.15, -0.1) is 0 Å². The third-order valence-corrected chi connectivity index (χ3v) is 6.13. The van der Waals surface area contributed by atoms with Crippen molar-refractivity contribution in [2.75, 3.05) is 25.0 Å². The van der Waals surface area contributed by atoms with Crippen LogP contribution in [-0.4, -0.2) is 43.4 Å². The van der Waals surface area contributed by atoms with Gasteiger partial charge in [-0.25, -0.2) is 14.2 Å². The molecule has 1 aromatic heterocycles. The molecule has 1 atom stereocenters. The number of esters is 1. The van der Waals surface area contributed by atoms with Crippen molar-refractivity contribution in [2.45, 2.75) is 32.5 Å². The molecule has 0 aliphatic carbocycles. The number of hydrogen-bond acceptors (Lipinski definition) is 5. The number of carbonyl (C=O) groups excluding carboxylic acids is 2. The maximum absolute atomic E-state index is 12.6. The first-order valence-corrected chi connectivity index (χ1v) is 11.9. The normalized spacial score (nSPS) is 12.8. The third-order valence-electron chi connectivity index (χ3n) is 6.13. The van der Waals surface area contributed by atoms with Crippen molar-refractivity contribution in [3.63, 3.8) is 0 Å². The van der Waals surface area contributed by atoms with Gasteiger partial charge < -0.3 is 43.3 Å². The van der Waals surface area contributed by atoms with Crippen molar-refractivity contribution in [1.82, 2.24) is 4.90 Å². The Kier molecular flexibility index (Phi) is 9.69. The van der Waals surface area contributed by atoms with Crippen molar-refractivity contribution < 1.29 is 47.6 Å². The molecule has 0 radical (unpaired) electrons. The lowest BCUT2D eigenvalue weighted by molar-refractivity contribution is -0.671. The SMILES string of the molecule is CC(OC(=O)c1ccc[n+](C)c1)OC(=O)N(C)CCCN1c2ccccc2CCc2ccccc21.[I-]. The molecule has 4 rings (SSSR count). The highest BCUT2D eigenvalue weighted by Crippen LogP contribution is 2.35. The molecule has 36 heavy (non-hydrogen) atoms. The Morgan fingerprint density at radius 2 is 1.58 bits per heavy atom. The second-order valence-corrected chi connectivity index (χ2v) is 8.80. The number of hydrogen-bond donors (Lipinski definition) is 0. The van der Waals surface area contributed by atoms with Crippen LogP contribution in [0.5, 0.6) is 0 Å². The van der Waals surface area contributed by atoms with E-state index < -0.39 is 18.4 Å². The Morgan fingerprint density at radius 3 is 2.19 bits per heavy atom. The molecule has 0 saturated heterocycles. The lowest BCUT2D eigenvalue weighted by Gasteiger charge is -2.28. The maximum atomic E-state index is 12.6. The van der Waals surface area contributed by atoms with Crippen LogP contribution in [0, 0.1) is 0 Å². The van der Waals surface area contributed by atoms with E-state index in [2.05, 4.69) is 53.4 Å². The van der Waals surface area contributed by atoms with Gasteiger partial charge in [-0.2, -0.15) is 0 Å². The average Bonchev–Trinajstić information content (AvgIpc) is 3.01. The van der Waals surface area contributed by atoms with E-state index in [9.17, 15) is 9.59 Å². The largest absolute Gasteiger partial charge is 1.00 e. The van der Waals surface area contributed by atoms with Crippen LogP contribution in [0.3, 0.4) is 0 Å². The monoisotopic (exact) mass is 601 g/mol. The summed E-state index contributed by atoms with van der Waals surface area (Å²) in [6.45, 7) is 2.81. The molecule has 1 unspecified atom stereocenters. The Hall–Kier alpha value is -3.14. The van der Waals surface area contributed by atoms with E-state index in [0.29, 0.717) is 12.1 Å². The van der Waals surface area contributed by atoms with Gasteiger partial charge >= 0.3 is 12.1 Å². The molecule has 1 aliphatic rings. The van der Waals surface area contributed by atoms with Crippen molar-refractivity contribution in [3.8, 4) is 0 Å². The maximum Gasteiger partial charge on any atom is 0.412 e. The molecule has 2 heterocycles. The van der Waals surface area contributed by atoms with E-state index in [-0.39, 0.29) is 24.0 Å². The van der Waals surface area contributed by atoms with Crippen LogP contribution in [0.2, 0.25) is 0 Å². The second kappa shape index (κ2) is 12.7. The predicted molar refractivity (Wildman–Crippen MR) is 134 cm³/mol. The van der Waals surface area contributed by atoms with E-state index in [1.807, 2.05) is 13.2 Å². The molecule has 3 aromatic rings. The predicted octanol–water partition coefficient (Wildman–Crippen LogP) is 1.41. The molecule has 0 N–H and O–H groups in total. The van der Waals surface area contributed by atoms with Gasteiger partial charge in [-0.05, 0) is 48.6 Å². The Balaban J connectivity index is 0.00000361. The topological polar surface area (TPSA) is 63.0 Å². The van der Waals surface area contributed by atoms with E-state index in [1.165, 1.54) is 34.3 Å². The molecule has 1 amide bonds. The fourth-order valence-corrected chi connectivity index (χ4v) is 4.35. The van der Waals surface area contributed by atoms with Crippen LogP contribution in [0.25, 0.3) is 0 Å². The quantitative estimate of drug-likeness (QED) is 0.178. The smallest absolute Gasteiger partial charge is 0.412 e. The van der Waals surface area contributed by atoms with E-state index in [4.69, 9.17) is 9.47 Å². The number of pyridine rings is 1. The molecule has 190 valence electrons. The fourth-order valence-electron chi connectivity index (χ4n) is 4.35. The fraction of sp³-hybridized carbons (Fsp3) is 0.321. The first kappa shape index (κ1) is 27.4. The van der Waals surface area contributed by atoms with E-state index in [1.54, 1.807) is 29.9 Å². The molecule has 0 saturated carbocycles. The second-order valence-electron chi connectivity index (χ2n) is 8.80. The number of anilines is 2. The van der Waals surface area contributed by atoms with Crippen molar-refractivity contribution in [1.29, 1.82) is 0 Å². The number of aromatic nitrogens is 1. The summed E-state index contributed by atoms with van der Waals surface area (Å²) in [4.78, 5) is 28.7. The number of halogens is 1. The van der Waals surface area contributed by atoms with Crippen molar-refractivity contribution in [3.05, 3.63) is 89.7 Å². The Bertz CT molecular complexity index is 1160. The number of aryl methyl sites for hydroxylation is 3. The highest BCUT2D eigenvalue weighted by atomic mass is 127. The summed E-state index contributed by atoms with van der Waals surface area (Å²) in [6, 6.07) is 20.4. The Morgan fingerprint density at radius 1 is 0.972 bits per heavy atom. The zero-order valence-corrected chi connectivity index (χ0v) is 23.1. The van der Waals surface area contributed by atoms with Gasteiger partial charge in [0.1, 0.15) is 12.6 Å². The summed E-state index contributed by atoms with van der Waals surface area (Å²) in [7, 11) is 3.51. The van der Waals surface area contributed by atoms with E-state index >= 15 is 0 Å². The van der Waals surface area contributed by atoms with Gasteiger partial charge in [0.05, 0.1) is 0 Å².